The van der Waals surface area contributed by atoms with E-state index in [2.05, 4.69) is 5.10 Å². The Morgan fingerprint density at radius 2 is 2.08 bits per heavy atom. The van der Waals surface area contributed by atoms with Crippen LogP contribution in [0.2, 0.25) is 0 Å². The first-order chi connectivity index (χ1) is 12.2. The van der Waals surface area contributed by atoms with Gasteiger partial charge in [-0.25, -0.2) is 0 Å². The number of fused-ring (bicyclic) bond motifs is 1. The van der Waals surface area contributed by atoms with Crippen molar-refractivity contribution >= 4 is 17.3 Å². The van der Waals surface area contributed by atoms with Crippen molar-refractivity contribution in [3.05, 3.63) is 39.9 Å². The summed E-state index contributed by atoms with van der Waals surface area (Å²) in [5.74, 6) is -2.55. The number of carbonyl (C=O) groups is 1. The quantitative estimate of drug-likeness (QED) is 0.638. The summed E-state index contributed by atoms with van der Waals surface area (Å²) in [5.41, 5.74) is -4.09. The van der Waals surface area contributed by atoms with Crippen LogP contribution in [0.25, 0.3) is 0 Å². The summed E-state index contributed by atoms with van der Waals surface area (Å²) in [4.78, 5) is 22.7. The molecule has 140 valence electrons. The molecule has 0 saturated heterocycles. The molecule has 10 heteroatoms. The van der Waals surface area contributed by atoms with Gasteiger partial charge in [-0.05, 0) is 25.3 Å². The summed E-state index contributed by atoms with van der Waals surface area (Å²) in [6, 6.07) is 4.33. The van der Waals surface area contributed by atoms with Gasteiger partial charge in [0.25, 0.3) is 17.3 Å². The van der Waals surface area contributed by atoms with Crippen molar-refractivity contribution in [1.29, 1.82) is 0 Å². The number of aliphatic hydroxyl groups is 1. The lowest BCUT2D eigenvalue weighted by atomic mass is 9.87. The Morgan fingerprint density at radius 1 is 1.35 bits per heavy atom. The number of alkyl halides is 3. The second-order valence-electron chi connectivity index (χ2n) is 6.39. The van der Waals surface area contributed by atoms with Crippen molar-refractivity contribution < 1.29 is 28.0 Å². The number of rotatable bonds is 2. The number of nitrogens with zero attached hydrogens (tertiary/aromatic N) is 3. The van der Waals surface area contributed by atoms with Gasteiger partial charge in [0.05, 0.1) is 10.8 Å². The van der Waals surface area contributed by atoms with Gasteiger partial charge in [-0.2, -0.15) is 23.3 Å². The van der Waals surface area contributed by atoms with Crippen LogP contribution in [0.4, 0.5) is 18.9 Å². The zero-order valence-electron chi connectivity index (χ0n) is 13.6. The third-order valence-corrected chi connectivity index (χ3v) is 4.78. The van der Waals surface area contributed by atoms with Crippen molar-refractivity contribution in [3.8, 4) is 0 Å². The predicted molar refractivity (Wildman–Crippen MR) is 84.3 cm³/mol. The normalized spacial score (nSPS) is 26.1. The van der Waals surface area contributed by atoms with E-state index in [0.29, 0.717) is 12.8 Å². The Morgan fingerprint density at radius 3 is 2.73 bits per heavy atom. The number of halogens is 3. The molecule has 1 N–H and O–H groups in total. The molecule has 1 aliphatic carbocycles. The molecule has 0 spiro atoms. The number of amides is 1. The maximum absolute atomic E-state index is 13.8. The van der Waals surface area contributed by atoms with E-state index in [1.54, 1.807) is 0 Å². The first-order valence-corrected chi connectivity index (χ1v) is 8.11. The Kier molecular flexibility index (Phi) is 4.47. The molecule has 1 aromatic rings. The second kappa shape index (κ2) is 6.35. The van der Waals surface area contributed by atoms with Crippen LogP contribution in [0, 0.1) is 16.0 Å². The van der Waals surface area contributed by atoms with Gasteiger partial charge >= 0.3 is 6.18 Å². The van der Waals surface area contributed by atoms with E-state index >= 15 is 0 Å². The molecule has 1 aliphatic heterocycles. The summed E-state index contributed by atoms with van der Waals surface area (Å²) in [6.45, 7) is 0. The monoisotopic (exact) mass is 371 g/mol. The molecule has 0 radical (unpaired) electrons. The number of nitro benzene ring substituents is 1. The molecule has 2 atom stereocenters. The summed E-state index contributed by atoms with van der Waals surface area (Å²) < 4.78 is 41.3. The molecule has 1 saturated carbocycles. The molecule has 0 unspecified atom stereocenters. The van der Waals surface area contributed by atoms with Crippen molar-refractivity contribution in [2.24, 2.45) is 11.0 Å². The fraction of sp³-hybridized carbons (Fsp3) is 0.500. The van der Waals surface area contributed by atoms with Crippen LogP contribution in [0.1, 0.15) is 42.5 Å². The molecule has 26 heavy (non-hydrogen) atoms. The van der Waals surface area contributed by atoms with Gasteiger partial charge in [0.15, 0.2) is 0 Å². The lowest BCUT2D eigenvalue weighted by Crippen LogP contribution is -2.61. The van der Waals surface area contributed by atoms with E-state index in [0.717, 1.165) is 24.6 Å². The summed E-state index contributed by atoms with van der Waals surface area (Å²) >= 11 is 0. The van der Waals surface area contributed by atoms with Crippen molar-refractivity contribution in [2.75, 3.05) is 0 Å². The van der Waals surface area contributed by atoms with Gasteiger partial charge in [-0.15, -0.1) is 0 Å². The average Bonchev–Trinajstić information content (AvgIpc) is 2.74. The second-order valence-corrected chi connectivity index (χ2v) is 6.39. The predicted octanol–water partition coefficient (Wildman–Crippen LogP) is 3.24. The van der Waals surface area contributed by atoms with Crippen molar-refractivity contribution in [2.45, 2.75) is 44.0 Å². The molecule has 1 fully saturated rings. The molecule has 0 bridgehead atoms. The molecular formula is C16H16F3N3O4. The molecule has 1 amide bonds. The van der Waals surface area contributed by atoms with E-state index in [9.17, 15) is 33.2 Å². The SMILES string of the molecule is O=C(c1cccc([N+](=O)[O-])c1)N1N=C2CCCCC[C@@H]2[C@@]1(O)C(F)(F)F. The number of hydrogen-bond acceptors (Lipinski definition) is 5. The molecule has 3 rings (SSSR count). The number of nitro groups is 1. The lowest BCUT2D eigenvalue weighted by molar-refractivity contribution is -0.384. The molecule has 1 heterocycles. The standard InChI is InChI=1S/C16H16F3N3O4/c17-16(18,19)15(24)12-7-2-1-3-8-13(12)20-21(15)14(23)10-5-4-6-11(9-10)22(25)26/h4-6,9,12,24H,1-3,7-8H2/t12-,15+/m0/s1. The highest BCUT2D eigenvalue weighted by molar-refractivity contribution is 5.99. The first kappa shape index (κ1) is 18.3. The summed E-state index contributed by atoms with van der Waals surface area (Å²) in [5, 5.41) is 25.3. The van der Waals surface area contributed by atoms with E-state index in [-0.39, 0.29) is 29.1 Å². The van der Waals surface area contributed by atoms with E-state index in [4.69, 9.17) is 0 Å². The van der Waals surface area contributed by atoms with Crippen LogP contribution in [-0.2, 0) is 0 Å². The maximum Gasteiger partial charge on any atom is 0.439 e. The van der Waals surface area contributed by atoms with Crippen LogP contribution < -0.4 is 0 Å². The lowest BCUT2D eigenvalue weighted by Gasteiger charge is -2.37. The average molecular weight is 371 g/mol. The summed E-state index contributed by atoms with van der Waals surface area (Å²) in [7, 11) is 0. The number of hydrazone groups is 1. The van der Waals surface area contributed by atoms with Gasteiger partial charge in [0.2, 0.25) is 0 Å². The number of non-ortho nitro benzene ring substituents is 1. The number of benzene rings is 1. The van der Waals surface area contributed by atoms with Gasteiger partial charge in [0, 0.05) is 23.4 Å². The number of hydrogen-bond donors (Lipinski definition) is 1. The third-order valence-electron chi connectivity index (χ3n) is 4.78. The zero-order chi connectivity index (χ0) is 19.1. The minimum absolute atomic E-state index is 0.0530. The van der Waals surface area contributed by atoms with Gasteiger partial charge < -0.3 is 5.11 Å². The van der Waals surface area contributed by atoms with Crippen LogP contribution >= 0.6 is 0 Å². The third kappa shape index (κ3) is 2.83. The largest absolute Gasteiger partial charge is 0.439 e. The van der Waals surface area contributed by atoms with Crippen molar-refractivity contribution in [1.82, 2.24) is 5.01 Å². The van der Waals surface area contributed by atoms with Crippen LogP contribution in [0.5, 0.6) is 0 Å². The van der Waals surface area contributed by atoms with Crippen LogP contribution in [0.3, 0.4) is 0 Å². The van der Waals surface area contributed by atoms with Crippen LogP contribution in [0.15, 0.2) is 29.4 Å². The van der Waals surface area contributed by atoms with E-state index in [1.165, 1.54) is 6.07 Å². The minimum atomic E-state index is -5.12. The Labute approximate surface area is 146 Å². The number of carbonyl (C=O) groups excluding carboxylic acids is 1. The Hall–Kier alpha value is -2.49. The van der Waals surface area contributed by atoms with E-state index < -0.39 is 34.3 Å². The molecule has 1 aromatic carbocycles. The molecule has 0 aromatic heterocycles. The van der Waals surface area contributed by atoms with E-state index in [1.807, 2.05) is 0 Å². The van der Waals surface area contributed by atoms with Crippen molar-refractivity contribution in [3.63, 3.8) is 0 Å². The first-order valence-electron chi connectivity index (χ1n) is 8.11. The Balaban J connectivity index is 2.05. The minimum Gasteiger partial charge on any atom is -0.362 e. The highest BCUT2D eigenvalue weighted by atomic mass is 19.4. The van der Waals surface area contributed by atoms with Gasteiger partial charge in [0.1, 0.15) is 0 Å². The highest BCUT2D eigenvalue weighted by Crippen LogP contribution is 2.48. The van der Waals surface area contributed by atoms with Crippen LogP contribution in [-0.4, -0.2) is 38.6 Å². The zero-order valence-corrected chi connectivity index (χ0v) is 13.6. The fourth-order valence-electron chi connectivity index (χ4n) is 3.47. The topological polar surface area (TPSA) is 96.0 Å². The van der Waals surface area contributed by atoms with Gasteiger partial charge in [-0.1, -0.05) is 18.9 Å². The highest BCUT2D eigenvalue weighted by Gasteiger charge is 2.68. The van der Waals surface area contributed by atoms with Gasteiger partial charge in [-0.3, -0.25) is 14.9 Å². The summed E-state index contributed by atoms with van der Waals surface area (Å²) in [6.07, 6.45) is -2.95. The Bertz CT molecular complexity index is 780. The smallest absolute Gasteiger partial charge is 0.362 e. The maximum atomic E-state index is 13.8. The fourth-order valence-corrected chi connectivity index (χ4v) is 3.47. The molecular weight excluding hydrogens is 355 g/mol. The molecule has 2 aliphatic rings. The molecule has 7 nitrogen and oxygen atoms in total.